The molecule has 0 bridgehead atoms. The molecule has 1 aliphatic heterocycles. The van der Waals surface area contributed by atoms with Crippen molar-refractivity contribution in [1.82, 2.24) is 5.32 Å². The maximum Gasteiger partial charge on any atom is 0.0643 e. The minimum atomic E-state index is 0.528. The molecule has 0 spiro atoms. The van der Waals surface area contributed by atoms with Gasteiger partial charge >= 0.3 is 0 Å². The fourth-order valence-electron chi connectivity index (χ4n) is 3.14. The average molecular weight is 197 g/mol. The molecule has 2 rings (SSSR count). The first kappa shape index (κ1) is 10.4. The van der Waals surface area contributed by atoms with E-state index in [1.165, 1.54) is 19.3 Å². The average Bonchev–Trinajstić information content (AvgIpc) is 1.92. The second-order valence-electron chi connectivity index (χ2n) is 6.01. The lowest BCUT2D eigenvalue weighted by atomic mass is 9.70. The Morgan fingerprint density at radius 2 is 1.86 bits per heavy atom. The van der Waals surface area contributed by atoms with E-state index in [1.807, 2.05) is 0 Å². The molecule has 2 aliphatic rings. The third-order valence-electron chi connectivity index (χ3n) is 3.50. The van der Waals surface area contributed by atoms with Gasteiger partial charge in [-0.05, 0) is 30.6 Å². The Balaban J connectivity index is 1.85. The number of hydrogen-bond acceptors (Lipinski definition) is 2. The second-order valence-corrected chi connectivity index (χ2v) is 6.01. The van der Waals surface area contributed by atoms with Crippen LogP contribution < -0.4 is 5.32 Å². The van der Waals surface area contributed by atoms with Crippen LogP contribution in [0.25, 0.3) is 0 Å². The molecule has 0 radical (unpaired) electrons. The van der Waals surface area contributed by atoms with E-state index in [0.717, 1.165) is 25.2 Å². The maximum absolute atomic E-state index is 5.19. The van der Waals surface area contributed by atoms with Crippen LogP contribution in [0, 0.1) is 11.3 Å². The van der Waals surface area contributed by atoms with Gasteiger partial charge in [0.15, 0.2) is 0 Å². The third-order valence-corrected chi connectivity index (χ3v) is 3.50. The van der Waals surface area contributed by atoms with E-state index < -0.39 is 0 Å². The van der Waals surface area contributed by atoms with Crippen LogP contribution in [-0.4, -0.2) is 25.3 Å². The Morgan fingerprint density at radius 1 is 1.14 bits per heavy atom. The van der Waals surface area contributed by atoms with Crippen LogP contribution in [0.3, 0.4) is 0 Å². The van der Waals surface area contributed by atoms with E-state index >= 15 is 0 Å². The molecule has 0 aromatic carbocycles. The molecule has 1 heterocycles. The van der Waals surface area contributed by atoms with Gasteiger partial charge in [0.1, 0.15) is 0 Å². The van der Waals surface area contributed by atoms with Crippen LogP contribution in [0.15, 0.2) is 0 Å². The molecule has 0 amide bonds. The van der Waals surface area contributed by atoms with E-state index in [1.54, 1.807) is 0 Å². The lowest BCUT2D eigenvalue weighted by Crippen LogP contribution is -2.52. The topological polar surface area (TPSA) is 21.3 Å². The smallest absolute Gasteiger partial charge is 0.0643 e. The number of ether oxygens (including phenoxy) is 1. The summed E-state index contributed by atoms with van der Waals surface area (Å²) in [5.74, 6) is 0.872. The highest BCUT2D eigenvalue weighted by Crippen LogP contribution is 2.38. The first-order chi connectivity index (χ1) is 6.55. The fourth-order valence-corrected chi connectivity index (χ4v) is 3.14. The molecule has 2 heteroatoms. The molecule has 2 unspecified atom stereocenters. The Hall–Kier alpha value is -0.0800. The summed E-state index contributed by atoms with van der Waals surface area (Å²) in [4.78, 5) is 0. The van der Waals surface area contributed by atoms with Gasteiger partial charge in [-0.15, -0.1) is 0 Å². The minimum Gasteiger partial charge on any atom is -0.378 e. The summed E-state index contributed by atoms with van der Waals surface area (Å²) in [5, 5.41) is 3.72. The summed E-state index contributed by atoms with van der Waals surface area (Å²) < 4.78 is 5.19. The third kappa shape index (κ3) is 2.48. The largest absolute Gasteiger partial charge is 0.378 e. The van der Waals surface area contributed by atoms with Crippen molar-refractivity contribution in [3.63, 3.8) is 0 Å². The SMILES string of the molecule is CC1CC(NC2COC2)CC(C)(C)C1. The van der Waals surface area contributed by atoms with Gasteiger partial charge < -0.3 is 10.1 Å². The summed E-state index contributed by atoms with van der Waals surface area (Å²) in [6.45, 7) is 9.02. The van der Waals surface area contributed by atoms with Gasteiger partial charge in [-0.2, -0.15) is 0 Å². The van der Waals surface area contributed by atoms with E-state index in [2.05, 4.69) is 26.1 Å². The van der Waals surface area contributed by atoms with Crippen molar-refractivity contribution in [3.8, 4) is 0 Å². The van der Waals surface area contributed by atoms with Crippen LogP contribution >= 0.6 is 0 Å². The number of nitrogens with one attached hydrogen (secondary N) is 1. The zero-order chi connectivity index (χ0) is 10.2. The van der Waals surface area contributed by atoms with Gasteiger partial charge in [-0.25, -0.2) is 0 Å². The van der Waals surface area contributed by atoms with E-state index in [-0.39, 0.29) is 0 Å². The van der Waals surface area contributed by atoms with Crippen LogP contribution in [0.1, 0.15) is 40.0 Å². The van der Waals surface area contributed by atoms with Crippen LogP contribution in [-0.2, 0) is 4.74 Å². The van der Waals surface area contributed by atoms with Crippen LogP contribution in [0.4, 0.5) is 0 Å². The standard InChI is InChI=1S/C12H23NO/c1-9-4-10(6-12(2,3)5-9)13-11-7-14-8-11/h9-11,13H,4-8H2,1-3H3. The minimum absolute atomic E-state index is 0.528. The molecule has 1 saturated carbocycles. The van der Waals surface area contributed by atoms with Crippen molar-refractivity contribution in [2.45, 2.75) is 52.1 Å². The summed E-state index contributed by atoms with van der Waals surface area (Å²) in [7, 11) is 0. The van der Waals surface area contributed by atoms with Gasteiger partial charge in [0.05, 0.1) is 19.3 Å². The molecule has 14 heavy (non-hydrogen) atoms. The van der Waals surface area contributed by atoms with Crippen molar-refractivity contribution in [3.05, 3.63) is 0 Å². The van der Waals surface area contributed by atoms with E-state index in [4.69, 9.17) is 4.74 Å². The molecular weight excluding hydrogens is 174 g/mol. The molecule has 0 aromatic heterocycles. The number of rotatable bonds is 2. The first-order valence-corrected chi connectivity index (χ1v) is 5.89. The molecule has 2 atom stereocenters. The lowest BCUT2D eigenvalue weighted by molar-refractivity contribution is -0.0174. The van der Waals surface area contributed by atoms with Crippen molar-refractivity contribution < 1.29 is 4.74 Å². The number of hydrogen-bond donors (Lipinski definition) is 1. The normalized spacial score (nSPS) is 37.9. The zero-order valence-corrected chi connectivity index (χ0v) is 9.68. The summed E-state index contributed by atoms with van der Waals surface area (Å²) in [6.07, 6.45) is 4.06. The van der Waals surface area contributed by atoms with Crippen LogP contribution in [0.5, 0.6) is 0 Å². The van der Waals surface area contributed by atoms with Gasteiger partial charge in [0.2, 0.25) is 0 Å². The van der Waals surface area contributed by atoms with Crippen molar-refractivity contribution in [1.29, 1.82) is 0 Å². The highest BCUT2D eigenvalue weighted by atomic mass is 16.5. The Kier molecular flexibility index (Phi) is 2.85. The van der Waals surface area contributed by atoms with E-state index in [0.29, 0.717) is 11.5 Å². The predicted molar refractivity (Wildman–Crippen MR) is 58.3 cm³/mol. The molecular formula is C12H23NO. The Morgan fingerprint density at radius 3 is 2.36 bits per heavy atom. The fraction of sp³-hybridized carbons (Fsp3) is 1.00. The van der Waals surface area contributed by atoms with E-state index in [9.17, 15) is 0 Å². The zero-order valence-electron chi connectivity index (χ0n) is 9.68. The van der Waals surface area contributed by atoms with Gasteiger partial charge in [0, 0.05) is 6.04 Å². The summed E-state index contributed by atoms with van der Waals surface area (Å²) in [6, 6.07) is 1.36. The Bertz CT molecular complexity index is 198. The monoisotopic (exact) mass is 197 g/mol. The molecule has 1 aliphatic carbocycles. The van der Waals surface area contributed by atoms with Gasteiger partial charge in [0.25, 0.3) is 0 Å². The molecule has 2 nitrogen and oxygen atoms in total. The Labute approximate surface area is 87.4 Å². The van der Waals surface area contributed by atoms with Crippen LogP contribution in [0.2, 0.25) is 0 Å². The molecule has 1 N–H and O–H groups in total. The molecule has 82 valence electrons. The highest BCUT2D eigenvalue weighted by molar-refractivity contribution is 4.89. The first-order valence-electron chi connectivity index (χ1n) is 5.89. The molecule has 2 fully saturated rings. The quantitative estimate of drug-likeness (QED) is 0.732. The molecule has 1 saturated heterocycles. The van der Waals surface area contributed by atoms with Gasteiger partial charge in [-0.1, -0.05) is 20.8 Å². The van der Waals surface area contributed by atoms with Gasteiger partial charge in [-0.3, -0.25) is 0 Å². The lowest BCUT2D eigenvalue weighted by Gasteiger charge is -2.42. The maximum atomic E-state index is 5.19. The molecule has 0 aromatic rings. The summed E-state index contributed by atoms with van der Waals surface area (Å²) >= 11 is 0. The van der Waals surface area contributed by atoms with Crippen molar-refractivity contribution in [2.24, 2.45) is 11.3 Å². The second kappa shape index (κ2) is 3.82. The summed E-state index contributed by atoms with van der Waals surface area (Å²) in [5.41, 5.74) is 0.528. The highest BCUT2D eigenvalue weighted by Gasteiger charge is 2.33. The predicted octanol–water partition coefficient (Wildman–Crippen LogP) is 2.19. The van der Waals surface area contributed by atoms with Crippen molar-refractivity contribution in [2.75, 3.05) is 13.2 Å². The van der Waals surface area contributed by atoms with Crippen molar-refractivity contribution >= 4 is 0 Å².